The molecule has 1 aromatic heterocycles. The van der Waals surface area contributed by atoms with Gasteiger partial charge in [-0.1, -0.05) is 207 Å². The average Bonchev–Trinajstić information content (AvgIpc) is 3.85. The molecule has 0 fully saturated rings. The van der Waals surface area contributed by atoms with Crippen molar-refractivity contribution in [2.75, 3.05) is 13.1 Å². The van der Waals surface area contributed by atoms with E-state index in [1.165, 1.54) is 205 Å². The van der Waals surface area contributed by atoms with E-state index >= 15 is 0 Å². The molecule has 0 aromatic carbocycles. The van der Waals surface area contributed by atoms with Crippen LogP contribution in [0.5, 0.6) is 0 Å². The molecule has 0 spiro atoms. The zero-order chi connectivity index (χ0) is 40.2. The van der Waals surface area contributed by atoms with Crippen LogP contribution in [0.25, 0.3) is 5.70 Å². The van der Waals surface area contributed by atoms with Crippen LogP contribution in [0.4, 0.5) is 0 Å². The molecule has 2 amide bonds. The monoisotopic (exact) mass is 857 g/mol. The summed E-state index contributed by atoms with van der Waals surface area (Å²) in [5, 5.41) is 0. The van der Waals surface area contributed by atoms with Crippen LogP contribution < -0.4 is 0 Å². The van der Waals surface area contributed by atoms with Gasteiger partial charge in [0.05, 0.1) is 25.5 Å². The summed E-state index contributed by atoms with van der Waals surface area (Å²) in [6, 6.07) is 4.19. The molecule has 0 saturated carbocycles. The first-order valence-corrected chi connectivity index (χ1v) is 25.9. The lowest BCUT2D eigenvalue weighted by atomic mass is 9.93. The van der Waals surface area contributed by atoms with Gasteiger partial charge in [0.25, 0.3) is 11.8 Å². The number of hydrogen-bond donors (Lipinski definition) is 0. The quantitative estimate of drug-likeness (QED) is 0.0626. The molecule has 1 aromatic rings. The molecule has 0 N–H and O–H groups in total. The molecule has 3 heterocycles. The fourth-order valence-electron chi connectivity index (χ4n) is 9.07. The molecule has 6 heteroatoms. The van der Waals surface area contributed by atoms with Crippen LogP contribution >= 0.6 is 27.3 Å². The summed E-state index contributed by atoms with van der Waals surface area (Å²) in [5.74, 6) is 1.05. The second kappa shape index (κ2) is 30.6. The van der Waals surface area contributed by atoms with Gasteiger partial charge in [0.1, 0.15) is 0 Å². The van der Waals surface area contributed by atoms with E-state index in [0.717, 1.165) is 27.5 Å². The van der Waals surface area contributed by atoms with Gasteiger partial charge < -0.3 is 9.80 Å². The van der Waals surface area contributed by atoms with Gasteiger partial charge in [0, 0.05) is 19.3 Å². The molecule has 0 bridgehead atoms. The van der Waals surface area contributed by atoms with Gasteiger partial charge in [-0.05, 0) is 65.6 Å². The number of amides is 2. The van der Waals surface area contributed by atoms with Crippen molar-refractivity contribution < 1.29 is 9.59 Å². The number of thiophene rings is 1. The highest BCUT2D eigenvalue weighted by molar-refractivity contribution is 9.11. The Kier molecular flexibility index (Phi) is 26.8. The highest BCUT2D eigenvalue weighted by atomic mass is 79.9. The van der Waals surface area contributed by atoms with Crippen LogP contribution in [0.15, 0.2) is 33.3 Å². The zero-order valence-electron chi connectivity index (χ0n) is 36.9. The fourth-order valence-corrected chi connectivity index (χ4v) is 10.5. The molecule has 0 saturated heterocycles. The van der Waals surface area contributed by atoms with Crippen molar-refractivity contribution in [3.8, 4) is 0 Å². The van der Waals surface area contributed by atoms with E-state index in [9.17, 15) is 9.59 Å². The Hall–Kier alpha value is -1.40. The zero-order valence-corrected chi connectivity index (χ0v) is 39.3. The predicted octanol–water partition coefficient (Wildman–Crippen LogP) is 16.6. The van der Waals surface area contributed by atoms with E-state index < -0.39 is 0 Å². The van der Waals surface area contributed by atoms with Gasteiger partial charge in [-0.3, -0.25) is 9.59 Å². The van der Waals surface area contributed by atoms with Gasteiger partial charge in [-0.2, -0.15) is 0 Å². The standard InChI is InChI=1S/C50H85BrN2O2S/c1-5-9-13-17-21-23-27-30-34-42(33-29-25-19-15-11-7-3)39-52-41-44-47(50(52)55)48(45-37-38-46(51)56-45)53(49(44)54)40-43(35-31-26-20-16-12-8-4)36-32-28-24-22-18-14-10-6-2/h37-38,41-43H,5-36,39-40H2,1-4H3. The lowest BCUT2D eigenvalue weighted by molar-refractivity contribution is -0.124. The molecule has 2 atom stereocenters. The molecule has 4 nitrogen and oxygen atoms in total. The summed E-state index contributed by atoms with van der Waals surface area (Å²) in [6.07, 6.45) is 43.5. The molecular weight excluding hydrogens is 773 g/mol. The van der Waals surface area contributed by atoms with Crippen molar-refractivity contribution in [3.63, 3.8) is 0 Å². The highest BCUT2D eigenvalue weighted by Gasteiger charge is 2.45. The molecule has 320 valence electrons. The third-order valence-corrected chi connectivity index (χ3v) is 14.2. The normalized spacial score (nSPS) is 15.4. The van der Waals surface area contributed by atoms with E-state index in [4.69, 9.17) is 0 Å². The van der Waals surface area contributed by atoms with E-state index in [2.05, 4.69) is 55.8 Å². The Morgan fingerprint density at radius 2 is 0.875 bits per heavy atom. The van der Waals surface area contributed by atoms with Crippen molar-refractivity contribution in [1.29, 1.82) is 0 Å². The number of hydrogen-bond acceptors (Lipinski definition) is 3. The van der Waals surface area contributed by atoms with Crippen LogP contribution in [0, 0.1) is 11.8 Å². The maximum atomic E-state index is 14.5. The summed E-state index contributed by atoms with van der Waals surface area (Å²) in [4.78, 5) is 34.0. The van der Waals surface area contributed by atoms with Gasteiger partial charge in [0.2, 0.25) is 0 Å². The van der Waals surface area contributed by atoms with Crippen LogP contribution in [0.3, 0.4) is 0 Å². The maximum absolute atomic E-state index is 14.5. The Balaban J connectivity index is 1.72. The first kappa shape index (κ1) is 49.0. The molecular formula is C50H85BrN2O2S. The number of fused-ring (bicyclic) bond motifs is 1. The fraction of sp³-hybridized carbons (Fsp3) is 0.800. The lowest BCUT2D eigenvalue weighted by Gasteiger charge is -2.28. The van der Waals surface area contributed by atoms with Crippen molar-refractivity contribution in [2.24, 2.45) is 11.8 Å². The average molecular weight is 858 g/mol. The van der Waals surface area contributed by atoms with Crippen molar-refractivity contribution in [2.45, 2.75) is 233 Å². The van der Waals surface area contributed by atoms with Gasteiger partial charge in [-0.15, -0.1) is 11.3 Å². The van der Waals surface area contributed by atoms with Gasteiger partial charge in [0.15, 0.2) is 0 Å². The number of carbonyl (C=O) groups is 2. The van der Waals surface area contributed by atoms with Crippen molar-refractivity contribution in [1.82, 2.24) is 9.80 Å². The number of halogens is 1. The molecule has 0 aliphatic carbocycles. The minimum atomic E-state index is 0.0507. The second-order valence-corrected chi connectivity index (χ2v) is 20.1. The van der Waals surface area contributed by atoms with Crippen LogP contribution in [0.1, 0.15) is 238 Å². The number of unbranched alkanes of at least 4 members (excludes halogenated alkanes) is 24. The van der Waals surface area contributed by atoms with Gasteiger partial charge in [-0.25, -0.2) is 0 Å². The van der Waals surface area contributed by atoms with Crippen LogP contribution in [-0.2, 0) is 9.59 Å². The van der Waals surface area contributed by atoms with E-state index in [1.54, 1.807) is 11.3 Å². The summed E-state index contributed by atoms with van der Waals surface area (Å²) in [6.45, 7) is 10.6. The molecule has 0 radical (unpaired) electrons. The molecule has 56 heavy (non-hydrogen) atoms. The predicted molar refractivity (Wildman–Crippen MR) is 248 cm³/mol. The number of rotatable bonds is 37. The van der Waals surface area contributed by atoms with E-state index in [1.807, 2.05) is 16.0 Å². The van der Waals surface area contributed by atoms with E-state index in [-0.39, 0.29) is 11.8 Å². The summed E-state index contributed by atoms with van der Waals surface area (Å²) in [7, 11) is 0. The van der Waals surface area contributed by atoms with Crippen molar-refractivity contribution in [3.05, 3.63) is 38.1 Å². The molecule has 3 rings (SSSR count). The summed E-state index contributed by atoms with van der Waals surface area (Å²) < 4.78 is 1.04. The third-order valence-electron chi connectivity index (χ3n) is 12.6. The highest BCUT2D eigenvalue weighted by Crippen LogP contribution is 2.44. The van der Waals surface area contributed by atoms with Crippen molar-refractivity contribution >= 4 is 44.8 Å². The first-order chi connectivity index (χ1) is 27.4. The Labute approximate surface area is 358 Å². The third kappa shape index (κ3) is 18.3. The molecule has 2 aliphatic heterocycles. The largest absolute Gasteiger partial charge is 0.314 e. The maximum Gasteiger partial charge on any atom is 0.260 e. The molecule has 2 unspecified atom stereocenters. The SMILES string of the molecule is CCCCCCCCCCC(CCCCCCCC)CN1C=C2C(=O)N(CC(CCCCCCCC)CCCCCCCCCC)C(c3ccc(Br)s3)=C2C1=O. The number of nitrogens with zero attached hydrogens (tertiary/aromatic N) is 2. The lowest BCUT2D eigenvalue weighted by Crippen LogP contribution is -2.33. The number of carbonyl (C=O) groups excluding carboxylic acids is 2. The Morgan fingerprint density at radius 3 is 1.25 bits per heavy atom. The topological polar surface area (TPSA) is 40.6 Å². The first-order valence-electron chi connectivity index (χ1n) is 24.3. The summed E-state index contributed by atoms with van der Waals surface area (Å²) >= 11 is 5.36. The minimum absolute atomic E-state index is 0.0507. The Bertz CT molecular complexity index is 1270. The minimum Gasteiger partial charge on any atom is -0.314 e. The summed E-state index contributed by atoms with van der Waals surface area (Å²) in [5.41, 5.74) is 2.19. The Morgan fingerprint density at radius 1 is 0.500 bits per heavy atom. The van der Waals surface area contributed by atoms with Gasteiger partial charge >= 0.3 is 0 Å². The second-order valence-electron chi connectivity index (χ2n) is 17.6. The molecule has 2 aliphatic rings. The van der Waals surface area contributed by atoms with Crippen LogP contribution in [-0.4, -0.2) is 34.7 Å². The van der Waals surface area contributed by atoms with E-state index in [0.29, 0.717) is 23.0 Å². The smallest absolute Gasteiger partial charge is 0.260 e. The van der Waals surface area contributed by atoms with Crippen LogP contribution in [0.2, 0.25) is 0 Å².